The first-order valence-electron chi connectivity index (χ1n) is 11.6. The Morgan fingerprint density at radius 3 is 2.48 bits per heavy atom. The molecule has 3 heterocycles. The van der Waals surface area contributed by atoms with E-state index in [1.54, 1.807) is 24.7 Å². The van der Waals surface area contributed by atoms with Crippen molar-refractivity contribution in [2.45, 2.75) is 32.2 Å². The van der Waals surface area contributed by atoms with Crippen molar-refractivity contribution in [3.05, 3.63) is 78.4 Å². The SMILES string of the molecule is O=C(NCCc1ccccn1)C1CC12CCN(Cc1ccc(Oc3ncccn3)cc1)CC2. The number of rotatable bonds is 8. The molecule has 1 amide bonds. The number of carbonyl (C=O) groups is 1. The second-order valence-corrected chi connectivity index (χ2v) is 9.03. The minimum absolute atomic E-state index is 0.181. The molecular formula is C26H29N5O2. The zero-order chi connectivity index (χ0) is 22.5. The van der Waals surface area contributed by atoms with E-state index >= 15 is 0 Å². The maximum absolute atomic E-state index is 12.6. The first kappa shape index (κ1) is 21.5. The lowest BCUT2D eigenvalue weighted by Crippen LogP contribution is -2.37. The van der Waals surface area contributed by atoms with Crippen LogP contribution < -0.4 is 10.1 Å². The number of likely N-dealkylation sites (tertiary alicyclic amines) is 1. The molecule has 2 fully saturated rings. The third-order valence-electron chi connectivity index (χ3n) is 6.85. The maximum atomic E-state index is 12.6. The first-order chi connectivity index (χ1) is 16.2. The summed E-state index contributed by atoms with van der Waals surface area (Å²) >= 11 is 0. The number of aromatic nitrogens is 3. The topological polar surface area (TPSA) is 80.2 Å². The van der Waals surface area contributed by atoms with Crippen LogP contribution in [0.1, 0.15) is 30.5 Å². The fourth-order valence-corrected chi connectivity index (χ4v) is 4.78. The number of benzene rings is 1. The van der Waals surface area contributed by atoms with Crippen molar-refractivity contribution in [2.75, 3.05) is 19.6 Å². The third kappa shape index (κ3) is 5.37. The van der Waals surface area contributed by atoms with Gasteiger partial charge >= 0.3 is 6.01 Å². The van der Waals surface area contributed by atoms with Crippen molar-refractivity contribution in [3.8, 4) is 11.8 Å². The summed E-state index contributed by atoms with van der Waals surface area (Å²) < 4.78 is 5.67. The molecule has 1 atom stereocenters. The van der Waals surface area contributed by atoms with E-state index in [2.05, 4.69) is 37.3 Å². The molecule has 1 saturated heterocycles. The lowest BCUT2D eigenvalue weighted by Gasteiger charge is -2.32. The van der Waals surface area contributed by atoms with Gasteiger partial charge in [0.2, 0.25) is 5.91 Å². The highest BCUT2D eigenvalue weighted by molar-refractivity contribution is 5.82. The van der Waals surface area contributed by atoms with E-state index in [0.717, 1.165) is 56.8 Å². The van der Waals surface area contributed by atoms with Gasteiger partial charge < -0.3 is 10.1 Å². The highest BCUT2D eigenvalue weighted by atomic mass is 16.5. The van der Waals surface area contributed by atoms with Gasteiger partial charge in [0.15, 0.2) is 0 Å². The molecular weight excluding hydrogens is 414 g/mol. The average molecular weight is 444 g/mol. The summed E-state index contributed by atoms with van der Waals surface area (Å²) in [6, 6.07) is 16.1. The van der Waals surface area contributed by atoms with Gasteiger partial charge in [0.25, 0.3) is 0 Å². The van der Waals surface area contributed by atoms with Crippen LogP contribution in [0.3, 0.4) is 0 Å². The van der Waals surface area contributed by atoms with Crippen LogP contribution in [0.15, 0.2) is 67.1 Å². The number of piperidine rings is 1. The lowest BCUT2D eigenvalue weighted by molar-refractivity contribution is -0.123. The third-order valence-corrected chi connectivity index (χ3v) is 6.85. The van der Waals surface area contributed by atoms with Gasteiger partial charge in [-0.25, -0.2) is 9.97 Å². The Morgan fingerprint density at radius 1 is 1.00 bits per heavy atom. The molecule has 2 aliphatic rings. The number of hydrogen-bond acceptors (Lipinski definition) is 6. The van der Waals surface area contributed by atoms with Gasteiger partial charge in [-0.15, -0.1) is 0 Å². The molecule has 1 unspecified atom stereocenters. The molecule has 7 heteroatoms. The summed E-state index contributed by atoms with van der Waals surface area (Å²) in [7, 11) is 0. The van der Waals surface area contributed by atoms with Crippen molar-refractivity contribution >= 4 is 5.91 Å². The number of ether oxygens (including phenoxy) is 1. The highest BCUT2D eigenvalue weighted by Crippen LogP contribution is 2.59. The Balaban J connectivity index is 1.05. The number of nitrogens with zero attached hydrogens (tertiary/aromatic N) is 4. The Morgan fingerprint density at radius 2 is 1.76 bits per heavy atom. The van der Waals surface area contributed by atoms with Gasteiger partial charge in [-0.2, -0.15) is 0 Å². The Hall–Kier alpha value is -3.32. The fourth-order valence-electron chi connectivity index (χ4n) is 4.78. The van der Waals surface area contributed by atoms with E-state index in [9.17, 15) is 4.79 Å². The Bertz CT molecular complexity index is 1050. The maximum Gasteiger partial charge on any atom is 0.321 e. The summed E-state index contributed by atoms with van der Waals surface area (Å²) in [5.41, 5.74) is 2.50. The Kier molecular flexibility index (Phi) is 6.30. The van der Waals surface area contributed by atoms with Crippen molar-refractivity contribution in [1.82, 2.24) is 25.2 Å². The molecule has 1 saturated carbocycles. The summed E-state index contributed by atoms with van der Waals surface area (Å²) in [5.74, 6) is 1.13. The largest absolute Gasteiger partial charge is 0.424 e. The molecule has 7 nitrogen and oxygen atoms in total. The normalized spacial score (nSPS) is 19.2. The van der Waals surface area contributed by atoms with Crippen LogP contribution in [0.5, 0.6) is 11.8 Å². The summed E-state index contributed by atoms with van der Waals surface area (Å²) in [4.78, 5) is 27.6. The van der Waals surface area contributed by atoms with E-state index in [1.165, 1.54) is 5.56 Å². The minimum Gasteiger partial charge on any atom is -0.424 e. The zero-order valence-corrected chi connectivity index (χ0v) is 18.7. The Labute approximate surface area is 194 Å². The fraction of sp³-hybridized carbons (Fsp3) is 0.385. The van der Waals surface area contributed by atoms with Crippen molar-refractivity contribution in [3.63, 3.8) is 0 Å². The van der Waals surface area contributed by atoms with Crippen molar-refractivity contribution in [1.29, 1.82) is 0 Å². The minimum atomic E-state index is 0.181. The van der Waals surface area contributed by atoms with Crippen molar-refractivity contribution < 1.29 is 9.53 Å². The van der Waals surface area contributed by atoms with Crippen LogP contribution in [0.4, 0.5) is 0 Å². The van der Waals surface area contributed by atoms with Gasteiger partial charge in [0.05, 0.1) is 0 Å². The van der Waals surface area contributed by atoms with Gasteiger partial charge in [-0.1, -0.05) is 18.2 Å². The molecule has 0 bridgehead atoms. The van der Waals surface area contributed by atoms with Crippen LogP contribution in [0.25, 0.3) is 0 Å². The molecule has 1 aliphatic heterocycles. The van der Waals surface area contributed by atoms with Crippen LogP contribution in [-0.2, 0) is 17.8 Å². The predicted molar refractivity (Wildman–Crippen MR) is 125 cm³/mol. The second kappa shape index (κ2) is 9.67. The average Bonchev–Trinajstić information content (AvgIpc) is 3.57. The second-order valence-electron chi connectivity index (χ2n) is 9.03. The van der Waals surface area contributed by atoms with Crippen LogP contribution in [0, 0.1) is 11.3 Å². The molecule has 170 valence electrons. The molecule has 3 aromatic rings. The predicted octanol–water partition coefficient (Wildman–Crippen LogP) is 3.62. The number of amides is 1. The molecule has 1 spiro atoms. The van der Waals surface area contributed by atoms with E-state index < -0.39 is 0 Å². The first-order valence-corrected chi connectivity index (χ1v) is 11.6. The van der Waals surface area contributed by atoms with E-state index in [0.29, 0.717) is 12.6 Å². The highest BCUT2D eigenvalue weighted by Gasteiger charge is 2.58. The quantitative estimate of drug-likeness (QED) is 0.573. The van der Waals surface area contributed by atoms with Gasteiger partial charge in [0.1, 0.15) is 5.75 Å². The van der Waals surface area contributed by atoms with Gasteiger partial charge in [-0.3, -0.25) is 14.7 Å². The molecule has 1 N–H and O–H groups in total. The zero-order valence-electron chi connectivity index (χ0n) is 18.7. The number of pyridine rings is 1. The van der Waals surface area contributed by atoms with Crippen molar-refractivity contribution in [2.24, 2.45) is 11.3 Å². The smallest absolute Gasteiger partial charge is 0.321 e. The number of nitrogens with one attached hydrogen (secondary N) is 1. The van der Waals surface area contributed by atoms with Crippen LogP contribution in [0.2, 0.25) is 0 Å². The van der Waals surface area contributed by atoms with Gasteiger partial charge in [0, 0.05) is 49.7 Å². The van der Waals surface area contributed by atoms with E-state index in [-0.39, 0.29) is 17.2 Å². The number of carbonyl (C=O) groups excluding carboxylic acids is 1. The van der Waals surface area contributed by atoms with E-state index in [4.69, 9.17) is 4.74 Å². The molecule has 5 rings (SSSR count). The molecule has 2 aromatic heterocycles. The van der Waals surface area contributed by atoms with E-state index in [1.807, 2.05) is 30.3 Å². The van der Waals surface area contributed by atoms with Gasteiger partial charge in [-0.05, 0) is 73.7 Å². The van der Waals surface area contributed by atoms with Crippen LogP contribution in [-0.4, -0.2) is 45.4 Å². The lowest BCUT2D eigenvalue weighted by atomic mass is 9.90. The molecule has 1 aromatic carbocycles. The summed E-state index contributed by atoms with van der Waals surface area (Å²) in [6.07, 6.45) is 9.12. The standard InChI is InChI=1S/C26H29N5O2/c32-24(28-15-9-21-4-1-2-12-27-21)23-18-26(23)10-16-31(17-11-26)19-20-5-7-22(8-6-20)33-25-29-13-3-14-30-25/h1-8,12-14,23H,9-11,15-19H2,(H,28,32). The molecule has 33 heavy (non-hydrogen) atoms. The van der Waals surface area contributed by atoms with Crippen LogP contribution >= 0.6 is 0 Å². The molecule has 1 aliphatic carbocycles. The molecule has 0 radical (unpaired) electrons. The summed E-state index contributed by atoms with van der Waals surface area (Å²) in [5, 5.41) is 3.13. The monoisotopic (exact) mass is 443 g/mol. The number of hydrogen-bond donors (Lipinski definition) is 1. The summed E-state index contributed by atoms with van der Waals surface area (Å²) in [6.45, 7) is 3.64.